The van der Waals surface area contributed by atoms with E-state index in [0.717, 1.165) is 37.7 Å². The number of fused-ring (bicyclic) bond motifs is 5. The molecular formula is C33H52O7. The van der Waals surface area contributed by atoms with Gasteiger partial charge in [-0.15, -0.1) is 0 Å². The Balaban J connectivity index is 1.77. The van der Waals surface area contributed by atoms with Crippen LogP contribution in [0.25, 0.3) is 0 Å². The summed E-state index contributed by atoms with van der Waals surface area (Å²) in [6.07, 6.45) is 9.03. The first-order valence-corrected chi connectivity index (χ1v) is 15.7. The van der Waals surface area contributed by atoms with E-state index in [9.17, 15) is 19.5 Å². The van der Waals surface area contributed by atoms with Crippen molar-refractivity contribution in [3.05, 3.63) is 11.6 Å². The minimum atomic E-state index is -0.467. The first-order chi connectivity index (χ1) is 18.8. The van der Waals surface area contributed by atoms with E-state index in [2.05, 4.69) is 33.8 Å². The highest BCUT2D eigenvalue weighted by molar-refractivity contribution is 5.67. The summed E-state index contributed by atoms with van der Waals surface area (Å²) in [4.78, 5) is 36.9. The van der Waals surface area contributed by atoms with Crippen LogP contribution >= 0.6 is 0 Å². The van der Waals surface area contributed by atoms with E-state index in [-0.39, 0.29) is 53.8 Å². The fraction of sp³-hybridized carbons (Fsp3) is 0.848. The van der Waals surface area contributed by atoms with E-state index < -0.39 is 17.6 Å². The van der Waals surface area contributed by atoms with E-state index in [1.165, 1.54) is 33.6 Å². The fourth-order valence-corrected chi connectivity index (χ4v) is 9.55. The number of aliphatic hydroxyl groups is 1. The van der Waals surface area contributed by atoms with Crippen molar-refractivity contribution in [2.24, 2.45) is 46.3 Å². The first kappa shape index (κ1) is 31.1. The summed E-state index contributed by atoms with van der Waals surface area (Å²) in [6, 6.07) is 0. The first-order valence-electron chi connectivity index (χ1n) is 15.7. The maximum absolute atomic E-state index is 12.4. The molecule has 0 aromatic rings. The van der Waals surface area contributed by atoms with E-state index in [4.69, 9.17) is 14.2 Å². The molecule has 10 atom stereocenters. The van der Waals surface area contributed by atoms with Crippen molar-refractivity contribution in [1.82, 2.24) is 0 Å². The Morgan fingerprint density at radius 2 is 1.70 bits per heavy atom. The molecule has 7 heteroatoms. The lowest BCUT2D eigenvalue weighted by molar-refractivity contribution is -0.177. The Morgan fingerprint density at radius 1 is 1.00 bits per heavy atom. The lowest BCUT2D eigenvalue weighted by Gasteiger charge is -2.60. The zero-order chi connectivity index (χ0) is 29.4. The van der Waals surface area contributed by atoms with Gasteiger partial charge in [-0.05, 0) is 73.7 Å². The summed E-state index contributed by atoms with van der Waals surface area (Å²) in [5, 5.41) is 10.6. The molecular weight excluding hydrogens is 508 g/mol. The molecule has 40 heavy (non-hydrogen) atoms. The zero-order valence-corrected chi connectivity index (χ0v) is 25.7. The third kappa shape index (κ3) is 6.00. The minimum absolute atomic E-state index is 0.0240. The van der Waals surface area contributed by atoms with Crippen molar-refractivity contribution in [3.8, 4) is 0 Å². The van der Waals surface area contributed by atoms with Crippen LogP contribution < -0.4 is 0 Å². The average molecular weight is 561 g/mol. The summed E-state index contributed by atoms with van der Waals surface area (Å²) in [5.41, 5.74) is 0.568. The number of carbonyl (C=O) groups is 3. The van der Waals surface area contributed by atoms with Crippen molar-refractivity contribution in [2.75, 3.05) is 6.61 Å². The van der Waals surface area contributed by atoms with Crippen LogP contribution in [0.4, 0.5) is 0 Å². The van der Waals surface area contributed by atoms with Crippen LogP contribution in [0.3, 0.4) is 0 Å². The average Bonchev–Trinajstić information content (AvgIpc) is 3.14. The van der Waals surface area contributed by atoms with Gasteiger partial charge < -0.3 is 19.3 Å². The number of hydrogen-bond donors (Lipinski definition) is 1. The number of aliphatic hydroxyl groups excluding tert-OH is 1. The van der Waals surface area contributed by atoms with Gasteiger partial charge in [0.1, 0.15) is 18.8 Å². The summed E-state index contributed by atoms with van der Waals surface area (Å²) in [5.74, 6) is 0.708. The molecule has 226 valence electrons. The van der Waals surface area contributed by atoms with Crippen molar-refractivity contribution < 1.29 is 33.7 Å². The molecule has 0 unspecified atom stereocenters. The summed E-state index contributed by atoms with van der Waals surface area (Å²) in [6.45, 7) is 13.9. The van der Waals surface area contributed by atoms with Gasteiger partial charge in [0.15, 0.2) is 0 Å². The maximum atomic E-state index is 12.4. The summed E-state index contributed by atoms with van der Waals surface area (Å²) < 4.78 is 17.9. The van der Waals surface area contributed by atoms with E-state index >= 15 is 0 Å². The lowest BCUT2D eigenvalue weighted by Crippen LogP contribution is -2.59. The van der Waals surface area contributed by atoms with Crippen molar-refractivity contribution in [1.29, 1.82) is 0 Å². The smallest absolute Gasteiger partial charge is 0.303 e. The van der Waals surface area contributed by atoms with Gasteiger partial charge in [0.25, 0.3) is 0 Å². The van der Waals surface area contributed by atoms with E-state index in [1.54, 1.807) is 0 Å². The highest BCUT2D eigenvalue weighted by atomic mass is 16.6. The Hall–Kier alpha value is -1.89. The fourth-order valence-electron chi connectivity index (χ4n) is 9.55. The van der Waals surface area contributed by atoms with Crippen LogP contribution in [0.15, 0.2) is 11.6 Å². The number of ether oxygens (including phenoxy) is 3. The topological polar surface area (TPSA) is 99.1 Å². The van der Waals surface area contributed by atoms with E-state index in [1.807, 2.05) is 0 Å². The second-order valence-electron chi connectivity index (χ2n) is 14.1. The molecule has 0 bridgehead atoms. The molecule has 4 aliphatic rings. The standard InChI is InChI=1S/C33H52O7/c1-19(2)9-8-10-20(3)27-17-29(40-23(6)36)31-30-26(12-13-32(27,31)7)33(18-38-21(4)34)14-11-25(37)15-24(33)16-28(30)39-22(5)35/h16,19-20,25-31,37H,8-15,17-18H2,1-7H3/t20-,25-,26+,27-,28+,29-,30+,31+,32-,33-/m1/s1. The van der Waals surface area contributed by atoms with Gasteiger partial charge in [-0.1, -0.05) is 52.5 Å². The van der Waals surface area contributed by atoms with Crippen LogP contribution in [-0.2, 0) is 28.6 Å². The second kappa shape index (κ2) is 12.1. The molecule has 0 aromatic heterocycles. The van der Waals surface area contributed by atoms with Crippen LogP contribution in [0.2, 0.25) is 0 Å². The van der Waals surface area contributed by atoms with Crippen molar-refractivity contribution in [3.63, 3.8) is 0 Å². The van der Waals surface area contributed by atoms with Crippen molar-refractivity contribution >= 4 is 17.9 Å². The van der Waals surface area contributed by atoms with Gasteiger partial charge in [-0.3, -0.25) is 14.4 Å². The predicted octanol–water partition coefficient (Wildman–Crippen LogP) is 6.02. The van der Waals surface area contributed by atoms with Crippen molar-refractivity contribution in [2.45, 2.75) is 125 Å². The second-order valence-corrected chi connectivity index (χ2v) is 14.1. The molecule has 0 amide bonds. The zero-order valence-electron chi connectivity index (χ0n) is 25.7. The highest BCUT2D eigenvalue weighted by Crippen LogP contribution is 2.68. The van der Waals surface area contributed by atoms with Gasteiger partial charge in [-0.25, -0.2) is 0 Å². The quantitative estimate of drug-likeness (QED) is 0.209. The number of esters is 3. The summed E-state index contributed by atoms with van der Waals surface area (Å²) >= 11 is 0. The van der Waals surface area contributed by atoms with Gasteiger partial charge in [-0.2, -0.15) is 0 Å². The molecule has 4 rings (SSSR count). The highest BCUT2D eigenvalue weighted by Gasteiger charge is 2.66. The van der Waals surface area contributed by atoms with Crippen LogP contribution in [0.5, 0.6) is 0 Å². The van der Waals surface area contributed by atoms with Crippen LogP contribution in [0, 0.1) is 46.3 Å². The van der Waals surface area contributed by atoms with Gasteiger partial charge in [0.2, 0.25) is 0 Å². The Morgan fingerprint density at radius 3 is 2.33 bits per heavy atom. The maximum Gasteiger partial charge on any atom is 0.303 e. The van der Waals surface area contributed by atoms with Crippen LogP contribution in [-0.4, -0.2) is 47.9 Å². The third-order valence-electron chi connectivity index (χ3n) is 11.1. The molecule has 0 saturated heterocycles. The summed E-state index contributed by atoms with van der Waals surface area (Å²) in [7, 11) is 0. The number of carbonyl (C=O) groups excluding carboxylic acids is 3. The molecule has 7 nitrogen and oxygen atoms in total. The molecule has 1 N–H and O–H groups in total. The Kier molecular flexibility index (Phi) is 9.43. The largest absolute Gasteiger partial charge is 0.465 e. The Bertz CT molecular complexity index is 987. The van der Waals surface area contributed by atoms with Gasteiger partial charge in [0, 0.05) is 38.0 Å². The van der Waals surface area contributed by atoms with Gasteiger partial charge >= 0.3 is 17.9 Å². The Labute approximate surface area is 240 Å². The predicted molar refractivity (Wildman–Crippen MR) is 152 cm³/mol. The monoisotopic (exact) mass is 560 g/mol. The normalized spacial score (nSPS) is 39.3. The SMILES string of the molecule is CC(=O)OC[C@]12CC[C@@H](O)CC1=C[C@H](OC(C)=O)[C@H]1[C@@H]3[C@H](OC(C)=O)C[C@H]([C@H](C)CCCC(C)C)[C@@]3(C)CC[C@@H]12. The molecule has 3 saturated carbocycles. The molecule has 0 aliphatic heterocycles. The molecule has 3 fully saturated rings. The molecule has 0 heterocycles. The lowest BCUT2D eigenvalue weighted by atomic mass is 9.45. The van der Waals surface area contributed by atoms with Gasteiger partial charge in [0.05, 0.1) is 6.10 Å². The van der Waals surface area contributed by atoms with Crippen LogP contribution in [0.1, 0.15) is 106 Å². The number of rotatable bonds is 9. The molecule has 4 aliphatic carbocycles. The third-order valence-corrected chi connectivity index (χ3v) is 11.1. The minimum Gasteiger partial charge on any atom is -0.465 e. The van der Waals surface area contributed by atoms with E-state index in [0.29, 0.717) is 30.6 Å². The number of hydrogen-bond acceptors (Lipinski definition) is 7. The molecule has 0 spiro atoms. The molecule has 0 aromatic carbocycles. The molecule has 0 radical (unpaired) electrons.